The Morgan fingerprint density at radius 2 is 2.29 bits per heavy atom. The second-order valence-corrected chi connectivity index (χ2v) is 8.59. The first kappa shape index (κ1) is 22.9. The third-order valence-electron chi connectivity index (χ3n) is 5.87. The predicted molar refractivity (Wildman–Crippen MR) is 131 cm³/mol. The first-order valence-electron chi connectivity index (χ1n) is 11.0. The summed E-state index contributed by atoms with van der Waals surface area (Å²) in [6, 6.07) is -0.587. The normalized spacial score (nSPS) is 19.7. The Morgan fingerprint density at radius 3 is 3.03 bits per heavy atom. The van der Waals surface area contributed by atoms with Gasteiger partial charge < -0.3 is 18.9 Å². The van der Waals surface area contributed by atoms with E-state index in [2.05, 4.69) is 25.0 Å². The summed E-state index contributed by atoms with van der Waals surface area (Å²) in [4.78, 5) is 31.2. The molecule has 3 aromatic heterocycles. The van der Waals surface area contributed by atoms with Crippen LogP contribution in [0.5, 0.6) is 0 Å². The third kappa shape index (κ3) is 4.23. The molecule has 0 aliphatic carbocycles. The molecule has 0 bridgehead atoms. The topological polar surface area (TPSA) is 108 Å². The van der Waals surface area contributed by atoms with Gasteiger partial charge in [0.2, 0.25) is 11.7 Å². The highest BCUT2D eigenvalue weighted by Gasteiger charge is 2.37. The molecule has 180 valence electrons. The summed E-state index contributed by atoms with van der Waals surface area (Å²) >= 11 is 0. The van der Waals surface area contributed by atoms with E-state index in [1.807, 2.05) is 46.7 Å². The standard InChI is InChI=1S/C23H24FN8O2P/c1-3-14-6-4-5-8-32(14)28-11-16-18-15(26-12-27-18)7-9-31(16)23(33)20-19(21(24)35)29-22(34-20)17-10-25-13-30(17)2/h3-6,8,10-13,16,21H,7,9,35H2,1-2H3,(H,26,27)/b14-3-,28-11+/t16-,21?/m0/s1. The highest BCUT2D eigenvalue weighted by atomic mass is 31.0. The van der Waals surface area contributed by atoms with Crippen molar-refractivity contribution in [3.8, 4) is 11.6 Å². The predicted octanol–water partition coefficient (Wildman–Crippen LogP) is 3.66. The van der Waals surface area contributed by atoms with E-state index in [1.165, 1.54) is 0 Å². The van der Waals surface area contributed by atoms with Crippen molar-refractivity contribution in [3.05, 3.63) is 77.9 Å². The largest absolute Gasteiger partial charge is 0.429 e. The van der Waals surface area contributed by atoms with Crippen molar-refractivity contribution in [3.63, 3.8) is 0 Å². The van der Waals surface area contributed by atoms with E-state index in [0.29, 0.717) is 24.4 Å². The monoisotopic (exact) mass is 494 g/mol. The van der Waals surface area contributed by atoms with Gasteiger partial charge in [-0.25, -0.2) is 24.4 Å². The first-order valence-corrected chi connectivity index (χ1v) is 11.7. The molecular formula is C23H24FN8O2P. The second-order valence-electron chi connectivity index (χ2n) is 8.01. The van der Waals surface area contributed by atoms with Crippen molar-refractivity contribution in [1.82, 2.24) is 34.4 Å². The van der Waals surface area contributed by atoms with E-state index in [0.717, 1.165) is 11.4 Å². The summed E-state index contributed by atoms with van der Waals surface area (Å²) in [6.45, 7) is 2.29. The average Bonchev–Trinajstić information content (AvgIpc) is 3.61. The van der Waals surface area contributed by atoms with Crippen LogP contribution in [0.3, 0.4) is 0 Å². The summed E-state index contributed by atoms with van der Waals surface area (Å²) in [6.07, 6.45) is 16.4. The lowest BCUT2D eigenvalue weighted by Crippen LogP contribution is -2.41. The summed E-state index contributed by atoms with van der Waals surface area (Å²) in [7, 11) is 3.79. The number of aromatic amines is 1. The molecule has 2 unspecified atom stereocenters. The molecule has 3 aromatic rings. The van der Waals surface area contributed by atoms with E-state index in [4.69, 9.17) is 4.42 Å². The SMILES string of the molecule is C/C=C1/C=CC=CN1/N=C/[C@H]1c2nc[nH]c2CCN1C(=O)c1oc(-c2cncn2C)nc1C(F)P. The number of hydrogen-bond donors (Lipinski definition) is 1. The maximum absolute atomic E-state index is 14.5. The number of H-pyrrole nitrogens is 1. The number of allylic oxidation sites excluding steroid dienone is 4. The zero-order valence-electron chi connectivity index (χ0n) is 19.2. The van der Waals surface area contributed by atoms with E-state index in [-0.39, 0.29) is 17.3 Å². The molecule has 2 aliphatic rings. The first-order chi connectivity index (χ1) is 17.0. The van der Waals surface area contributed by atoms with Crippen LogP contribution in [0.25, 0.3) is 11.6 Å². The van der Waals surface area contributed by atoms with Crippen molar-refractivity contribution < 1.29 is 13.6 Å². The van der Waals surface area contributed by atoms with Crippen molar-refractivity contribution in [2.24, 2.45) is 12.1 Å². The Balaban J connectivity index is 1.52. The fourth-order valence-corrected chi connectivity index (χ4v) is 4.30. The van der Waals surface area contributed by atoms with Gasteiger partial charge in [0.1, 0.15) is 17.4 Å². The minimum absolute atomic E-state index is 0.0833. The Labute approximate surface area is 203 Å². The number of aromatic nitrogens is 5. The maximum Gasteiger partial charge on any atom is 0.292 e. The number of nitrogens with zero attached hydrogens (tertiary/aromatic N) is 7. The number of carbonyl (C=O) groups excluding carboxylic acids is 1. The van der Waals surface area contributed by atoms with E-state index < -0.39 is 17.9 Å². The molecule has 0 radical (unpaired) electrons. The zero-order chi connectivity index (χ0) is 24.5. The van der Waals surface area contributed by atoms with E-state index in [9.17, 15) is 9.18 Å². The molecule has 10 nitrogen and oxygen atoms in total. The van der Waals surface area contributed by atoms with E-state index >= 15 is 0 Å². The number of fused-ring (bicyclic) bond motifs is 1. The second kappa shape index (κ2) is 9.42. The number of imidazole rings is 2. The number of halogens is 1. The Hall–Kier alpha value is -3.85. The van der Waals surface area contributed by atoms with Gasteiger partial charge in [0, 0.05) is 31.9 Å². The molecule has 0 spiro atoms. The van der Waals surface area contributed by atoms with Gasteiger partial charge in [0.15, 0.2) is 5.91 Å². The van der Waals surface area contributed by atoms with Crippen LogP contribution in [0.4, 0.5) is 4.39 Å². The summed E-state index contributed by atoms with van der Waals surface area (Å²) < 4.78 is 22.0. The van der Waals surface area contributed by atoms with Gasteiger partial charge in [-0.1, -0.05) is 21.4 Å². The average molecular weight is 494 g/mol. The number of hydrazone groups is 1. The van der Waals surface area contributed by atoms with Gasteiger partial charge in [-0.15, -0.1) is 0 Å². The van der Waals surface area contributed by atoms with Gasteiger partial charge in [-0.2, -0.15) is 5.10 Å². The van der Waals surface area contributed by atoms with Crippen molar-refractivity contribution >= 4 is 21.4 Å². The molecule has 5 heterocycles. The van der Waals surface area contributed by atoms with Gasteiger partial charge in [0.25, 0.3) is 5.91 Å². The minimum atomic E-state index is -1.58. The van der Waals surface area contributed by atoms with Crippen LogP contribution in [0.1, 0.15) is 46.5 Å². The van der Waals surface area contributed by atoms with Crippen molar-refractivity contribution in [2.45, 2.75) is 25.3 Å². The smallest absolute Gasteiger partial charge is 0.292 e. The van der Waals surface area contributed by atoms with Gasteiger partial charge in [0.05, 0.1) is 36.5 Å². The summed E-state index contributed by atoms with van der Waals surface area (Å²) in [5.74, 6) is -2.10. The molecule has 2 aliphatic heterocycles. The lowest BCUT2D eigenvalue weighted by atomic mass is 10.0. The Bertz CT molecular complexity index is 1370. The molecule has 5 rings (SSSR count). The Morgan fingerprint density at radius 1 is 1.43 bits per heavy atom. The molecule has 1 N–H and O–H groups in total. The molecular weight excluding hydrogens is 470 g/mol. The number of aryl methyl sites for hydroxylation is 1. The van der Waals surface area contributed by atoms with E-state index in [1.54, 1.807) is 46.6 Å². The van der Waals surface area contributed by atoms with Crippen LogP contribution in [0.15, 0.2) is 64.6 Å². The van der Waals surface area contributed by atoms with Crippen LogP contribution >= 0.6 is 9.24 Å². The van der Waals surface area contributed by atoms with Crippen molar-refractivity contribution in [1.29, 1.82) is 0 Å². The summed E-state index contributed by atoms with van der Waals surface area (Å²) in [5, 5.41) is 6.31. The molecule has 1 amide bonds. The number of hydrogen-bond acceptors (Lipinski definition) is 7. The fraction of sp³-hybridized carbons (Fsp3) is 0.261. The molecule has 0 fully saturated rings. The van der Waals surface area contributed by atoms with Gasteiger partial charge in [-0.05, 0) is 19.1 Å². The minimum Gasteiger partial charge on any atom is -0.429 e. The van der Waals surface area contributed by atoms with Crippen LogP contribution < -0.4 is 0 Å². The zero-order valence-corrected chi connectivity index (χ0v) is 20.3. The molecule has 0 aromatic carbocycles. The molecule has 35 heavy (non-hydrogen) atoms. The molecule has 0 saturated carbocycles. The highest BCUT2D eigenvalue weighted by molar-refractivity contribution is 7.16. The third-order valence-corrected chi connectivity index (χ3v) is 6.19. The summed E-state index contributed by atoms with van der Waals surface area (Å²) in [5.41, 5.74) is 2.95. The lowest BCUT2D eigenvalue weighted by molar-refractivity contribution is 0.0678. The number of nitrogens with one attached hydrogen (secondary N) is 1. The molecule has 3 atom stereocenters. The maximum atomic E-state index is 14.5. The lowest BCUT2D eigenvalue weighted by Gasteiger charge is -2.32. The molecule has 12 heteroatoms. The van der Waals surface area contributed by atoms with Gasteiger partial charge >= 0.3 is 0 Å². The van der Waals surface area contributed by atoms with Crippen molar-refractivity contribution in [2.75, 3.05) is 6.54 Å². The Kier molecular flexibility index (Phi) is 6.17. The number of carbonyl (C=O) groups is 1. The molecule has 0 saturated heterocycles. The number of alkyl halides is 1. The van der Waals surface area contributed by atoms with Crippen LogP contribution in [-0.4, -0.2) is 53.1 Å². The van der Waals surface area contributed by atoms with Crippen LogP contribution in [-0.2, 0) is 13.5 Å². The number of oxazole rings is 1. The quantitative estimate of drug-likeness (QED) is 0.429. The fourth-order valence-electron chi connectivity index (χ4n) is 4.08. The highest BCUT2D eigenvalue weighted by Crippen LogP contribution is 2.34. The van der Waals surface area contributed by atoms with Crippen LogP contribution in [0, 0.1) is 0 Å². The number of rotatable bonds is 5. The van der Waals surface area contributed by atoms with Gasteiger partial charge in [-0.3, -0.25) is 4.79 Å². The van der Waals surface area contributed by atoms with Crippen LogP contribution in [0.2, 0.25) is 0 Å². The number of amides is 1.